The van der Waals surface area contributed by atoms with Crippen LogP contribution in [0.25, 0.3) is 0 Å². The molecule has 1 N–H and O–H groups in total. The van der Waals surface area contributed by atoms with E-state index in [2.05, 4.69) is 82.4 Å². The van der Waals surface area contributed by atoms with Gasteiger partial charge in [-0.3, -0.25) is 0 Å². The van der Waals surface area contributed by atoms with Crippen LogP contribution in [0.15, 0.2) is 42.5 Å². The molecule has 0 fully saturated rings. The molecule has 1 nitrogen and oxygen atoms in total. The largest absolute Gasteiger partial charge is 0.384 e. The fourth-order valence-electron chi connectivity index (χ4n) is 2.92. The summed E-state index contributed by atoms with van der Waals surface area (Å²) in [5, 5.41) is 3.63. The zero-order valence-corrected chi connectivity index (χ0v) is 14.6. The van der Waals surface area contributed by atoms with Gasteiger partial charge in [-0.25, -0.2) is 0 Å². The Morgan fingerprint density at radius 3 is 2.00 bits per heavy atom. The van der Waals surface area contributed by atoms with Gasteiger partial charge < -0.3 is 5.32 Å². The van der Waals surface area contributed by atoms with E-state index in [0.29, 0.717) is 11.8 Å². The van der Waals surface area contributed by atoms with Crippen LogP contribution in [-0.2, 0) is 6.42 Å². The second-order valence-corrected chi connectivity index (χ2v) is 6.89. The summed E-state index contributed by atoms with van der Waals surface area (Å²) < 4.78 is 0. The average Bonchev–Trinajstić information content (AvgIpc) is 2.46. The molecule has 22 heavy (non-hydrogen) atoms. The van der Waals surface area contributed by atoms with Crippen molar-refractivity contribution in [3.8, 4) is 0 Å². The van der Waals surface area contributed by atoms with Crippen LogP contribution in [0, 0.1) is 19.8 Å². The van der Waals surface area contributed by atoms with E-state index in [1.54, 1.807) is 0 Å². The van der Waals surface area contributed by atoms with Gasteiger partial charge in [0.05, 0.1) is 0 Å². The summed E-state index contributed by atoms with van der Waals surface area (Å²) in [5.41, 5.74) is 6.77. The van der Waals surface area contributed by atoms with Crippen molar-refractivity contribution in [2.45, 2.75) is 47.0 Å². The molecule has 0 spiro atoms. The minimum absolute atomic E-state index is 0.507. The van der Waals surface area contributed by atoms with Crippen molar-refractivity contribution < 1.29 is 0 Å². The minimum atomic E-state index is 0.507. The van der Waals surface area contributed by atoms with Gasteiger partial charge in [0.2, 0.25) is 0 Å². The van der Waals surface area contributed by atoms with Crippen molar-refractivity contribution in [1.82, 2.24) is 0 Å². The number of para-hydroxylation sites is 1. The molecule has 0 amide bonds. The van der Waals surface area contributed by atoms with Crippen molar-refractivity contribution >= 4 is 5.69 Å². The van der Waals surface area contributed by atoms with Gasteiger partial charge in [-0.2, -0.15) is 0 Å². The third-order valence-corrected chi connectivity index (χ3v) is 4.26. The SMILES string of the molecule is Cc1cccc(C)c1NCC(C)c1ccc(CC(C)C)cc1. The summed E-state index contributed by atoms with van der Waals surface area (Å²) >= 11 is 0. The Morgan fingerprint density at radius 1 is 0.864 bits per heavy atom. The number of hydrogen-bond acceptors (Lipinski definition) is 1. The summed E-state index contributed by atoms with van der Waals surface area (Å²) in [4.78, 5) is 0. The lowest BCUT2D eigenvalue weighted by Gasteiger charge is -2.17. The minimum Gasteiger partial charge on any atom is -0.384 e. The number of anilines is 1. The van der Waals surface area contributed by atoms with Gasteiger partial charge in [-0.1, -0.05) is 63.2 Å². The number of rotatable bonds is 6. The molecular weight excluding hydrogens is 266 g/mol. The Morgan fingerprint density at radius 2 is 1.45 bits per heavy atom. The summed E-state index contributed by atoms with van der Waals surface area (Å²) in [6, 6.07) is 15.6. The highest BCUT2D eigenvalue weighted by Crippen LogP contribution is 2.22. The van der Waals surface area contributed by atoms with Gasteiger partial charge in [-0.05, 0) is 54.4 Å². The van der Waals surface area contributed by atoms with E-state index in [4.69, 9.17) is 0 Å². The predicted octanol–water partition coefficient (Wildman–Crippen LogP) is 5.72. The van der Waals surface area contributed by atoms with Crippen molar-refractivity contribution in [1.29, 1.82) is 0 Å². The van der Waals surface area contributed by atoms with Gasteiger partial charge in [0, 0.05) is 12.2 Å². The fraction of sp³-hybridized carbons (Fsp3) is 0.429. The molecule has 0 heterocycles. The third kappa shape index (κ3) is 4.37. The van der Waals surface area contributed by atoms with Crippen molar-refractivity contribution in [2.75, 3.05) is 11.9 Å². The Kier molecular flexibility index (Phi) is 5.65. The molecule has 1 atom stereocenters. The lowest BCUT2D eigenvalue weighted by molar-refractivity contribution is 0.647. The standard InChI is InChI=1S/C21H29N/c1-15(2)13-19-9-11-20(12-10-19)18(5)14-22-21-16(3)7-6-8-17(21)4/h6-12,15,18,22H,13-14H2,1-5H3. The highest BCUT2D eigenvalue weighted by Gasteiger charge is 2.08. The molecule has 0 radical (unpaired) electrons. The monoisotopic (exact) mass is 295 g/mol. The molecule has 0 aliphatic rings. The topological polar surface area (TPSA) is 12.0 Å². The molecule has 2 aromatic carbocycles. The lowest BCUT2D eigenvalue weighted by Crippen LogP contribution is -2.11. The lowest BCUT2D eigenvalue weighted by atomic mass is 9.96. The maximum absolute atomic E-state index is 3.63. The second-order valence-electron chi connectivity index (χ2n) is 6.89. The van der Waals surface area contributed by atoms with Gasteiger partial charge in [0.15, 0.2) is 0 Å². The van der Waals surface area contributed by atoms with E-state index < -0.39 is 0 Å². The first-order chi connectivity index (χ1) is 10.5. The normalized spacial score (nSPS) is 12.5. The molecular formula is C21H29N. The quantitative estimate of drug-likeness (QED) is 0.719. The summed E-state index contributed by atoms with van der Waals surface area (Å²) in [6.45, 7) is 12.1. The average molecular weight is 295 g/mol. The molecule has 0 aliphatic heterocycles. The Hall–Kier alpha value is -1.76. The van der Waals surface area contributed by atoms with Gasteiger partial charge in [0.25, 0.3) is 0 Å². The molecule has 2 aromatic rings. The summed E-state index contributed by atoms with van der Waals surface area (Å²) in [5.74, 6) is 1.22. The maximum Gasteiger partial charge on any atom is 0.0399 e. The predicted molar refractivity (Wildman–Crippen MR) is 97.8 cm³/mol. The van der Waals surface area contributed by atoms with Crippen LogP contribution >= 0.6 is 0 Å². The number of hydrogen-bond donors (Lipinski definition) is 1. The third-order valence-electron chi connectivity index (χ3n) is 4.26. The molecule has 0 saturated heterocycles. The van der Waals surface area contributed by atoms with Crippen molar-refractivity contribution in [2.24, 2.45) is 5.92 Å². The first-order valence-electron chi connectivity index (χ1n) is 8.36. The van der Waals surface area contributed by atoms with Gasteiger partial charge in [-0.15, -0.1) is 0 Å². The molecule has 1 heteroatoms. The molecule has 0 aliphatic carbocycles. The van der Waals surface area contributed by atoms with Crippen LogP contribution in [0.3, 0.4) is 0 Å². The van der Waals surface area contributed by atoms with Crippen LogP contribution in [-0.4, -0.2) is 6.54 Å². The highest BCUT2D eigenvalue weighted by molar-refractivity contribution is 5.56. The Balaban J connectivity index is 1.99. The highest BCUT2D eigenvalue weighted by atomic mass is 14.9. The van der Waals surface area contributed by atoms with Gasteiger partial charge >= 0.3 is 0 Å². The van der Waals surface area contributed by atoms with E-state index in [1.807, 2.05) is 0 Å². The van der Waals surface area contributed by atoms with Crippen LogP contribution in [0.2, 0.25) is 0 Å². The number of nitrogens with one attached hydrogen (secondary N) is 1. The molecule has 2 rings (SSSR count). The first-order valence-corrected chi connectivity index (χ1v) is 8.36. The van der Waals surface area contributed by atoms with Crippen molar-refractivity contribution in [3.63, 3.8) is 0 Å². The van der Waals surface area contributed by atoms with Crippen molar-refractivity contribution in [3.05, 3.63) is 64.7 Å². The number of aryl methyl sites for hydroxylation is 2. The molecule has 118 valence electrons. The molecule has 0 bridgehead atoms. The second kappa shape index (κ2) is 7.49. The molecule has 0 aromatic heterocycles. The Bertz CT molecular complexity index is 576. The van der Waals surface area contributed by atoms with E-state index in [9.17, 15) is 0 Å². The zero-order chi connectivity index (χ0) is 16.1. The van der Waals surface area contributed by atoms with Crippen LogP contribution in [0.5, 0.6) is 0 Å². The van der Waals surface area contributed by atoms with E-state index in [0.717, 1.165) is 13.0 Å². The fourth-order valence-corrected chi connectivity index (χ4v) is 2.92. The van der Waals surface area contributed by atoms with Gasteiger partial charge in [0.1, 0.15) is 0 Å². The first kappa shape index (κ1) is 16.6. The van der Waals surface area contributed by atoms with E-state index >= 15 is 0 Å². The summed E-state index contributed by atoms with van der Waals surface area (Å²) in [6.07, 6.45) is 1.16. The zero-order valence-electron chi connectivity index (χ0n) is 14.6. The van der Waals surface area contributed by atoms with Crippen LogP contribution in [0.4, 0.5) is 5.69 Å². The number of benzene rings is 2. The molecule has 0 saturated carbocycles. The van der Waals surface area contributed by atoms with Crippen LogP contribution < -0.4 is 5.32 Å². The molecule has 1 unspecified atom stereocenters. The summed E-state index contributed by atoms with van der Waals surface area (Å²) in [7, 11) is 0. The Labute approximate surface area is 135 Å². The van der Waals surface area contributed by atoms with Crippen LogP contribution in [0.1, 0.15) is 48.9 Å². The van der Waals surface area contributed by atoms with E-state index in [1.165, 1.54) is 27.9 Å². The van der Waals surface area contributed by atoms with E-state index in [-0.39, 0.29) is 0 Å². The maximum atomic E-state index is 3.63. The smallest absolute Gasteiger partial charge is 0.0399 e.